The molecule has 8 nitrogen and oxygen atoms in total. The second kappa shape index (κ2) is 7.37. The lowest BCUT2D eigenvalue weighted by molar-refractivity contribution is -0.125. The highest BCUT2D eigenvalue weighted by Crippen LogP contribution is 2.18. The van der Waals surface area contributed by atoms with Crippen LogP contribution in [0.25, 0.3) is 0 Å². The quantitative estimate of drug-likeness (QED) is 0.711. The first kappa shape index (κ1) is 16.4. The molecule has 1 aliphatic rings. The van der Waals surface area contributed by atoms with Crippen LogP contribution in [-0.2, 0) is 14.3 Å². The van der Waals surface area contributed by atoms with Gasteiger partial charge in [0, 0.05) is 25.1 Å². The number of aryl methyl sites for hydroxylation is 1. The lowest BCUT2D eigenvalue weighted by Gasteiger charge is -2.31. The highest BCUT2D eigenvalue weighted by atomic mass is 16.5. The van der Waals surface area contributed by atoms with Gasteiger partial charge in [0.1, 0.15) is 12.4 Å². The lowest BCUT2D eigenvalue weighted by atomic mass is 10.1. The molecule has 22 heavy (non-hydrogen) atoms. The largest absolute Gasteiger partial charge is 0.372 e. The van der Waals surface area contributed by atoms with Crippen molar-refractivity contribution in [2.45, 2.75) is 45.9 Å². The summed E-state index contributed by atoms with van der Waals surface area (Å²) in [4.78, 5) is 23.6. The SMILES string of the molecule is CCOCC(=O)Nc1cc(C)nn1C1NC(=O)CC(CC)N1. The topological polar surface area (TPSA) is 97.3 Å². The van der Waals surface area contributed by atoms with E-state index in [-0.39, 0.29) is 24.5 Å². The van der Waals surface area contributed by atoms with Gasteiger partial charge in [-0.3, -0.25) is 14.9 Å². The van der Waals surface area contributed by atoms with Crippen molar-refractivity contribution in [3.05, 3.63) is 11.8 Å². The summed E-state index contributed by atoms with van der Waals surface area (Å²) >= 11 is 0. The fourth-order valence-corrected chi connectivity index (χ4v) is 2.33. The number of nitrogens with one attached hydrogen (secondary N) is 3. The highest BCUT2D eigenvalue weighted by Gasteiger charge is 2.28. The van der Waals surface area contributed by atoms with Gasteiger partial charge in [-0.25, -0.2) is 4.68 Å². The molecule has 1 saturated heterocycles. The number of amides is 2. The maximum Gasteiger partial charge on any atom is 0.251 e. The summed E-state index contributed by atoms with van der Waals surface area (Å²) in [6, 6.07) is 1.85. The van der Waals surface area contributed by atoms with Crippen LogP contribution in [-0.4, -0.2) is 40.9 Å². The number of nitrogens with zero attached hydrogens (tertiary/aromatic N) is 2. The summed E-state index contributed by atoms with van der Waals surface area (Å²) < 4.78 is 6.67. The van der Waals surface area contributed by atoms with Crippen LogP contribution in [0.3, 0.4) is 0 Å². The normalized spacial score (nSPS) is 21.5. The third-order valence-corrected chi connectivity index (χ3v) is 3.42. The summed E-state index contributed by atoms with van der Waals surface area (Å²) in [5, 5.41) is 13.3. The van der Waals surface area contributed by atoms with Crippen molar-refractivity contribution < 1.29 is 14.3 Å². The molecule has 2 atom stereocenters. The van der Waals surface area contributed by atoms with Crippen LogP contribution in [0.1, 0.15) is 38.7 Å². The molecule has 1 aromatic heterocycles. The molecule has 3 N–H and O–H groups in total. The Kier molecular flexibility index (Phi) is 5.51. The summed E-state index contributed by atoms with van der Waals surface area (Å²) in [7, 11) is 0. The number of hydrogen-bond acceptors (Lipinski definition) is 5. The van der Waals surface area contributed by atoms with Gasteiger partial charge in [-0.1, -0.05) is 6.92 Å². The van der Waals surface area contributed by atoms with E-state index >= 15 is 0 Å². The van der Waals surface area contributed by atoms with Crippen LogP contribution in [0.5, 0.6) is 0 Å². The second-order valence-electron chi connectivity index (χ2n) is 5.25. The van der Waals surface area contributed by atoms with E-state index in [0.717, 1.165) is 12.1 Å². The molecule has 0 saturated carbocycles. The van der Waals surface area contributed by atoms with Gasteiger partial charge in [-0.05, 0) is 20.3 Å². The molecular formula is C14H23N5O3. The molecule has 0 bridgehead atoms. The molecular weight excluding hydrogens is 286 g/mol. The van der Waals surface area contributed by atoms with Gasteiger partial charge in [0.15, 0.2) is 6.29 Å². The maximum absolute atomic E-state index is 11.8. The zero-order valence-corrected chi connectivity index (χ0v) is 13.2. The Bertz CT molecular complexity index is 543. The summed E-state index contributed by atoms with van der Waals surface area (Å²) in [6.07, 6.45) is 0.817. The predicted molar refractivity (Wildman–Crippen MR) is 81.1 cm³/mol. The van der Waals surface area contributed by atoms with Crippen molar-refractivity contribution in [1.82, 2.24) is 20.4 Å². The molecule has 1 aliphatic heterocycles. The van der Waals surface area contributed by atoms with E-state index in [2.05, 4.69) is 21.0 Å². The first-order valence-electron chi connectivity index (χ1n) is 7.52. The molecule has 0 aromatic carbocycles. The van der Waals surface area contributed by atoms with E-state index in [9.17, 15) is 9.59 Å². The molecule has 8 heteroatoms. The first-order chi connectivity index (χ1) is 10.5. The first-order valence-corrected chi connectivity index (χ1v) is 7.52. The molecule has 2 amide bonds. The van der Waals surface area contributed by atoms with Gasteiger partial charge in [-0.2, -0.15) is 5.10 Å². The summed E-state index contributed by atoms with van der Waals surface area (Å²) in [6.45, 7) is 6.14. The molecule has 2 heterocycles. The van der Waals surface area contributed by atoms with Crippen molar-refractivity contribution in [3.63, 3.8) is 0 Å². The van der Waals surface area contributed by atoms with E-state index in [4.69, 9.17) is 4.74 Å². The monoisotopic (exact) mass is 309 g/mol. The summed E-state index contributed by atoms with van der Waals surface area (Å²) in [5.74, 6) is 0.240. The van der Waals surface area contributed by atoms with E-state index < -0.39 is 6.29 Å². The van der Waals surface area contributed by atoms with Gasteiger partial charge in [0.25, 0.3) is 5.91 Å². The Morgan fingerprint density at radius 1 is 1.55 bits per heavy atom. The standard InChI is InChI=1S/C14H23N5O3/c1-4-10-7-12(20)17-14(15-10)19-11(6-9(3)18-19)16-13(21)8-22-5-2/h6,10,14-15H,4-5,7-8H2,1-3H3,(H,16,21)(H,17,20). The number of hydrogen-bond donors (Lipinski definition) is 3. The molecule has 0 radical (unpaired) electrons. The number of anilines is 1. The average molecular weight is 309 g/mol. The minimum atomic E-state index is -0.470. The smallest absolute Gasteiger partial charge is 0.251 e. The van der Waals surface area contributed by atoms with E-state index in [1.165, 1.54) is 0 Å². The number of aromatic nitrogens is 2. The molecule has 122 valence electrons. The van der Waals surface area contributed by atoms with Crippen molar-refractivity contribution in [2.24, 2.45) is 0 Å². The lowest BCUT2D eigenvalue weighted by Crippen LogP contribution is -2.53. The Hall–Kier alpha value is -1.93. The number of carbonyl (C=O) groups is 2. The van der Waals surface area contributed by atoms with Crippen molar-refractivity contribution >= 4 is 17.6 Å². The van der Waals surface area contributed by atoms with Gasteiger partial charge in [0.2, 0.25) is 5.91 Å². The Morgan fingerprint density at radius 3 is 3.00 bits per heavy atom. The van der Waals surface area contributed by atoms with Crippen molar-refractivity contribution in [2.75, 3.05) is 18.5 Å². The molecule has 0 spiro atoms. The third kappa shape index (κ3) is 4.05. The zero-order valence-electron chi connectivity index (χ0n) is 13.2. The molecule has 2 rings (SSSR count). The summed E-state index contributed by atoms with van der Waals surface area (Å²) in [5.41, 5.74) is 0.751. The minimum Gasteiger partial charge on any atom is -0.372 e. The molecule has 1 aromatic rings. The fourth-order valence-electron chi connectivity index (χ4n) is 2.33. The molecule has 1 fully saturated rings. The van der Waals surface area contributed by atoms with Crippen LogP contribution in [0.15, 0.2) is 6.07 Å². The van der Waals surface area contributed by atoms with Crippen molar-refractivity contribution in [3.8, 4) is 0 Å². The average Bonchev–Trinajstić information content (AvgIpc) is 2.85. The van der Waals surface area contributed by atoms with Crippen LogP contribution in [0.4, 0.5) is 5.82 Å². The second-order valence-corrected chi connectivity index (χ2v) is 5.25. The minimum absolute atomic E-state index is 0.0111. The number of ether oxygens (including phenoxy) is 1. The van der Waals surface area contributed by atoms with Gasteiger partial charge >= 0.3 is 0 Å². The van der Waals surface area contributed by atoms with E-state index in [0.29, 0.717) is 18.8 Å². The van der Waals surface area contributed by atoms with Gasteiger partial charge in [0.05, 0.1) is 5.69 Å². The van der Waals surface area contributed by atoms with E-state index in [1.807, 2.05) is 20.8 Å². The van der Waals surface area contributed by atoms with Crippen LogP contribution >= 0.6 is 0 Å². The number of carbonyl (C=O) groups excluding carboxylic acids is 2. The van der Waals surface area contributed by atoms with E-state index in [1.54, 1.807) is 10.7 Å². The zero-order chi connectivity index (χ0) is 16.1. The molecule has 2 unspecified atom stereocenters. The third-order valence-electron chi connectivity index (χ3n) is 3.42. The predicted octanol–water partition coefficient (Wildman–Crippen LogP) is 0.511. The van der Waals surface area contributed by atoms with Crippen molar-refractivity contribution in [1.29, 1.82) is 0 Å². The van der Waals surface area contributed by atoms with Crippen LogP contribution in [0, 0.1) is 6.92 Å². The van der Waals surface area contributed by atoms with Gasteiger partial charge in [-0.15, -0.1) is 0 Å². The van der Waals surface area contributed by atoms with Gasteiger partial charge < -0.3 is 15.4 Å². The Labute approximate surface area is 129 Å². The fraction of sp³-hybridized carbons (Fsp3) is 0.643. The molecule has 0 aliphatic carbocycles. The van der Waals surface area contributed by atoms with Crippen LogP contribution in [0.2, 0.25) is 0 Å². The van der Waals surface area contributed by atoms with Crippen LogP contribution < -0.4 is 16.0 Å². The Morgan fingerprint density at radius 2 is 2.32 bits per heavy atom. The number of rotatable bonds is 6. The maximum atomic E-state index is 11.8. The Balaban J connectivity index is 2.13. The highest BCUT2D eigenvalue weighted by molar-refractivity contribution is 5.91.